The molecule has 3 nitrogen and oxygen atoms in total. The Morgan fingerprint density at radius 1 is 1.19 bits per heavy atom. The lowest BCUT2D eigenvalue weighted by atomic mass is 9.86. The van der Waals surface area contributed by atoms with Gasteiger partial charge < -0.3 is 10.6 Å². The fourth-order valence-electron chi connectivity index (χ4n) is 3.06. The maximum absolute atomic E-state index is 12.0. The van der Waals surface area contributed by atoms with Gasteiger partial charge >= 0.3 is 0 Å². The van der Waals surface area contributed by atoms with Crippen molar-refractivity contribution in [1.29, 1.82) is 0 Å². The quantitative estimate of drug-likeness (QED) is 0.821. The van der Waals surface area contributed by atoms with E-state index in [9.17, 15) is 4.79 Å². The number of hydrogen-bond acceptors (Lipinski definition) is 2. The van der Waals surface area contributed by atoms with Crippen LogP contribution in [0, 0.1) is 5.92 Å². The summed E-state index contributed by atoms with van der Waals surface area (Å²) in [5.41, 5.74) is 2.13. The number of amides is 1. The summed E-state index contributed by atoms with van der Waals surface area (Å²) in [4.78, 5) is 12.0. The van der Waals surface area contributed by atoms with Crippen molar-refractivity contribution in [2.45, 2.75) is 57.9 Å². The molecular formula is C18H28N2O. The zero-order chi connectivity index (χ0) is 15.1. The average Bonchev–Trinajstić information content (AvgIpc) is 2.54. The minimum Gasteiger partial charge on any atom is -0.326 e. The van der Waals surface area contributed by atoms with Crippen LogP contribution in [0.3, 0.4) is 0 Å². The van der Waals surface area contributed by atoms with Crippen LogP contribution in [-0.4, -0.2) is 13.0 Å². The van der Waals surface area contributed by atoms with E-state index in [2.05, 4.69) is 29.7 Å². The summed E-state index contributed by atoms with van der Waals surface area (Å²) in [6.07, 6.45) is 8.38. The van der Waals surface area contributed by atoms with Crippen molar-refractivity contribution >= 4 is 11.6 Å². The Morgan fingerprint density at radius 2 is 1.86 bits per heavy atom. The van der Waals surface area contributed by atoms with Crippen molar-refractivity contribution in [2.24, 2.45) is 5.92 Å². The lowest BCUT2D eigenvalue weighted by Gasteiger charge is -2.21. The molecule has 3 heteroatoms. The molecule has 0 heterocycles. The molecule has 1 aromatic carbocycles. The van der Waals surface area contributed by atoms with Crippen LogP contribution in [-0.2, 0) is 4.79 Å². The number of anilines is 1. The third-order valence-corrected chi connectivity index (χ3v) is 4.63. The summed E-state index contributed by atoms with van der Waals surface area (Å²) in [6.45, 7) is 2.12. The molecule has 1 saturated carbocycles. The Kier molecular flexibility index (Phi) is 6.24. The molecule has 0 spiro atoms. The Balaban J connectivity index is 1.76. The molecular weight excluding hydrogens is 260 g/mol. The second kappa shape index (κ2) is 8.18. The first-order valence-electron chi connectivity index (χ1n) is 8.26. The second-order valence-corrected chi connectivity index (χ2v) is 6.22. The van der Waals surface area contributed by atoms with Crippen LogP contribution < -0.4 is 10.6 Å². The number of benzene rings is 1. The van der Waals surface area contributed by atoms with E-state index in [0.29, 0.717) is 12.5 Å². The van der Waals surface area contributed by atoms with Gasteiger partial charge in [0.1, 0.15) is 0 Å². The topological polar surface area (TPSA) is 41.1 Å². The summed E-state index contributed by atoms with van der Waals surface area (Å²) >= 11 is 0. The molecule has 2 rings (SSSR count). The SMILES string of the molecule is CNC(C)c1ccc(NC(=O)CCC2CCCCC2)cc1. The van der Waals surface area contributed by atoms with Crippen molar-refractivity contribution in [3.63, 3.8) is 0 Å². The summed E-state index contributed by atoms with van der Waals surface area (Å²) in [6, 6.07) is 8.44. The minimum atomic E-state index is 0.148. The smallest absolute Gasteiger partial charge is 0.224 e. The lowest BCUT2D eigenvalue weighted by molar-refractivity contribution is -0.116. The highest BCUT2D eigenvalue weighted by Gasteiger charge is 2.14. The highest BCUT2D eigenvalue weighted by Crippen LogP contribution is 2.27. The molecule has 0 aliphatic heterocycles. The third kappa shape index (κ3) is 5.16. The van der Waals surface area contributed by atoms with Gasteiger partial charge in [0.25, 0.3) is 0 Å². The molecule has 0 bridgehead atoms. The molecule has 1 aliphatic carbocycles. The zero-order valence-electron chi connectivity index (χ0n) is 13.3. The van der Waals surface area contributed by atoms with Crippen LogP contribution >= 0.6 is 0 Å². The Labute approximate surface area is 128 Å². The van der Waals surface area contributed by atoms with Gasteiger partial charge in [-0.2, -0.15) is 0 Å². The van der Waals surface area contributed by atoms with E-state index in [1.165, 1.54) is 37.7 Å². The second-order valence-electron chi connectivity index (χ2n) is 6.22. The summed E-state index contributed by atoms with van der Waals surface area (Å²) in [5.74, 6) is 0.915. The Morgan fingerprint density at radius 3 is 2.48 bits per heavy atom. The molecule has 1 fully saturated rings. The van der Waals surface area contributed by atoms with E-state index in [1.54, 1.807) is 0 Å². The van der Waals surface area contributed by atoms with Crippen molar-refractivity contribution in [1.82, 2.24) is 5.32 Å². The van der Waals surface area contributed by atoms with Crippen LogP contribution in [0.2, 0.25) is 0 Å². The maximum Gasteiger partial charge on any atom is 0.224 e. The standard InChI is InChI=1S/C18H28N2O/c1-14(19-2)16-9-11-17(12-10-16)20-18(21)13-8-15-6-4-3-5-7-15/h9-12,14-15,19H,3-8,13H2,1-2H3,(H,20,21). The van der Waals surface area contributed by atoms with Crippen molar-refractivity contribution < 1.29 is 4.79 Å². The van der Waals surface area contributed by atoms with Crippen LogP contribution in [0.15, 0.2) is 24.3 Å². The van der Waals surface area contributed by atoms with Crippen molar-refractivity contribution in [3.05, 3.63) is 29.8 Å². The van der Waals surface area contributed by atoms with Gasteiger partial charge in [-0.25, -0.2) is 0 Å². The monoisotopic (exact) mass is 288 g/mol. The van der Waals surface area contributed by atoms with E-state index < -0.39 is 0 Å². The maximum atomic E-state index is 12.0. The zero-order valence-corrected chi connectivity index (χ0v) is 13.3. The highest BCUT2D eigenvalue weighted by atomic mass is 16.1. The van der Waals surface area contributed by atoms with E-state index in [1.807, 2.05) is 19.2 Å². The van der Waals surface area contributed by atoms with Gasteiger partial charge in [0, 0.05) is 18.2 Å². The van der Waals surface area contributed by atoms with E-state index >= 15 is 0 Å². The number of carbonyl (C=O) groups excluding carboxylic acids is 1. The van der Waals surface area contributed by atoms with E-state index in [0.717, 1.165) is 18.0 Å². The number of nitrogens with one attached hydrogen (secondary N) is 2. The summed E-state index contributed by atoms with van der Waals surface area (Å²) in [7, 11) is 1.95. The number of hydrogen-bond donors (Lipinski definition) is 2. The Bertz CT molecular complexity index is 435. The van der Waals surface area contributed by atoms with Crippen molar-refractivity contribution in [2.75, 3.05) is 12.4 Å². The first-order chi connectivity index (χ1) is 10.2. The number of rotatable bonds is 6. The average molecular weight is 288 g/mol. The predicted octanol–water partition coefficient (Wildman–Crippen LogP) is 4.27. The predicted molar refractivity (Wildman–Crippen MR) is 88.4 cm³/mol. The van der Waals surface area contributed by atoms with Gasteiger partial charge in [-0.1, -0.05) is 44.2 Å². The fourth-order valence-corrected chi connectivity index (χ4v) is 3.06. The number of carbonyl (C=O) groups is 1. The normalized spacial score (nSPS) is 17.4. The van der Waals surface area contributed by atoms with Crippen molar-refractivity contribution in [3.8, 4) is 0 Å². The molecule has 1 aromatic rings. The molecule has 0 radical (unpaired) electrons. The third-order valence-electron chi connectivity index (χ3n) is 4.63. The van der Waals surface area contributed by atoms with Gasteiger partial charge in [-0.3, -0.25) is 4.79 Å². The lowest BCUT2D eigenvalue weighted by Crippen LogP contribution is -2.15. The molecule has 0 aromatic heterocycles. The highest BCUT2D eigenvalue weighted by molar-refractivity contribution is 5.90. The van der Waals surface area contributed by atoms with Gasteiger partial charge in [-0.15, -0.1) is 0 Å². The van der Waals surface area contributed by atoms with Crippen LogP contribution in [0.25, 0.3) is 0 Å². The van der Waals surface area contributed by atoms with Crippen LogP contribution in [0.5, 0.6) is 0 Å². The van der Waals surface area contributed by atoms with Gasteiger partial charge in [0.05, 0.1) is 0 Å². The molecule has 1 amide bonds. The first kappa shape index (κ1) is 16.0. The molecule has 0 saturated heterocycles. The summed E-state index contributed by atoms with van der Waals surface area (Å²) < 4.78 is 0. The van der Waals surface area contributed by atoms with Gasteiger partial charge in [0.2, 0.25) is 5.91 Å². The fraction of sp³-hybridized carbons (Fsp3) is 0.611. The molecule has 21 heavy (non-hydrogen) atoms. The Hall–Kier alpha value is -1.35. The minimum absolute atomic E-state index is 0.148. The van der Waals surface area contributed by atoms with Gasteiger partial charge in [-0.05, 0) is 44.0 Å². The summed E-state index contributed by atoms with van der Waals surface area (Å²) in [5, 5.41) is 6.22. The molecule has 1 unspecified atom stereocenters. The largest absolute Gasteiger partial charge is 0.326 e. The van der Waals surface area contributed by atoms with E-state index in [-0.39, 0.29) is 5.91 Å². The van der Waals surface area contributed by atoms with Crippen LogP contribution in [0.1, 0.15) is 63.5 Å². The molecule has 116 valence electrons. The molecule has 2 N–H and O–H groups in total. The van der Waals surface area contributed by atoms with Gasteiger partial charge in [0.15, 0.2) is 0 Å². The van der Waals surface area contributed by atoms with Crippen LogP contribution in [0.4, 0.5) is 5.69 Å². The molecule has 1 atom stereocenters. The first-order valence-corrected chi connectivity index (χ1v) is 8.26. The van der Waals surface area contributed by atoms with E-state index in [4.69, 9.17) is 0 Å². The molecule has 1 aliphatic rings.